The van der Waals surface area contributed by atoms with Gasteiger partial charge >= 0.3 is 0 Å². The fourth-order valence-corrected chi connectivity index (χ4v) is 1.94. The maximum absolute atomic E-state index is 13.3. The van der Waals surface area contributed by atoms with Gasteiger partial charge in [0.05, 0.1) is 10.9 Å². The van der Waals surface area contributed by atoms with Crippen LogP contribution in [0.2, 0.25) is 0 Å². The highest BCUT2D eigenvalue weighted by Gasteiger charge is 2.30. The summed E-state index contributed by atoms with van der Waals surface area (Å²) in [5, 5.41) is 2.20. The molecule has 0 radical (unpaired) electrons. The summed E-state index contributed by atoms with van der Waals surface area (Å²) in [6, 6.07) is 1.62. The third-order valence-corrected chi connectivity index (χ3v) is 3.38. The molecule has 1 atom stereocenters. The number of benzene rings is 1. The van der Waals surface area contributed by atoms with Crippen molar-refractivity contribution in [2.24, 2.45) is 5.92 Å². The van der Waals surface area contributed by atoms with Crippen LogP contribution in [0, 0.1) is 23.4 Å². The highest BCUT2D eigenvalue weighted by Crippen LogP contribution is 2.35. The Labute approximate surface area is 107 Å². The molecule has 2 nitrogen and oxygen atoms in total. The maximum Gasteiger partial charge on any atom is 0.254 e. The Morgan fingerprint density at radius 3 is 2.61 bits per heavy atom. The zero-order valence-corrected chi connectivity index (χ0v) is 10.1. The number of alkyl halides is 1. The van der Waals surface area contributed by atoms with Crippen molar-refractivity contribution in [2.45, 2.75) is 18.2 Å². The van der Waals surface area contributed by atoms with Crippen molar-refractivity contribution >= 4 is 17.5 Å². The van der Waals surface area contributed by atoms with Crippen LogP contribution < -0.4 is 5.32 Å². The van der Waals surface area contributed by atoms with E-state index >= 15 is 0 Å². The zero-order valence-electron chi connectivity index (χ0n) is 9.35. The molecule has 0 saturated heterocycles. The number of carbonyl (C=O) groups is 1. The van der Waals surface area contributed by atoms with Crippen LogP contribution in [0.3, 0.4) is 0 Å². The number of hydrogen-bond donors (Lipinski definition) is 1. The molecule has 6 heteroatoms. The fraction of sp³-hybridized carbons (Fsp3) is 0.417. The molecule has 1 aliphatic rings. The average molecular weight is 278 g/mol. The van der Waals surface area contributed by atoms with Crippen molar-refractivity contribution in [2.75, 3.05) is 6.54 Å². The van der Waals surface area contributed by atoms with Crippen LogP contribution in [0.4, 0.5) is 13.2 Å². The quantitative estimate of drug-likeness (QED) is 0.665. The lowest BCUT2D eigenvalue weighted by atomic mass is 10.1. The SMILES string of the molecule is O=C(NCC(Cl)C1CC1)c1ccc(F)c(F)c1F. The normalized spacial score (nSPS) is 16.4. The lowest BCUT2D eigenvalue weighted by Crippen LogP contribution is -2.31. The predicted molar refractivity (Wildman–Crippen MR) is 61.0 cm³/mol. The van der Waals surface area contributed by atoms with Crippen molar-refractivity contribution in [3.05, 3.63) is 35.1 Å². The molecule has 1 unspecified atom stereocenters. The van der Waals surface area contributed by atoms with Crippen LogP contribution in [0.1, 0.15) is 23.2 Å². The summed E-state index contributed by atoms with van der Waals surface area (Å²) in [4.78, 5) is 11.6. The van der Waals surface area contributed by atoms with Crippen molar-refractivity contribution in [3.63, 3.8) is 0 Å². The molecule has 2 rings (SSSR count). The Bertz CT molecular complexity index is 477. The van der Waals surface area contributed by atoms with Gasteiger partial charge in [0.2, 0.25) is 0 Å². The van der Waals surface area contributed by atoms with Gasteiger partial charge in [0, 0.05) is 6.54 Å². The molecule has 98 valence electrons. The molecular formula is C12H11ClF3NO. The Kier molecular flexibility index (Phi) is 3.80. The highest BCUT2D eigenvalue weighted by atomic mass is 35.5. The molecule has 0 bridgehead atoms. The Morgan fingerprint density at radius 2 is 2.00 bits per heavy atom. The molecule has 1 amide bonds. The number of amides is 1. The van der Waals surface area contributed by atoms with E-state index < -0.39 is 28.9 Å². The Balaban J connectivity index is 2.02. The first kappa shape index (κ1) is 13.2. The lowest BCUT2D eigenvalue weighted by molar-refractivity contribution is 0.0947. The lowest BCUT2D eigenvalue weighted by Gasteiger charge is -2.10. The van der Waals surface area contributed by atoms with E-state index in [0.29, 0.717) is 12.0 Å². The second-order valence-electron chi connectivity index (χ2n) is 4.29. The van der Waals surface area contributed by atoms with E-state index in [4.69, 9.17) is 11.6 Å². The van der Waals surface area contributed by atoms with Gasteiger partial charge in [-0.15, -0.1) is 11.6 Å². The summed E-state index contributed by atoms with van der Waals surface area (Å²) >= 11 is 5.96. The van der Waals surface area contributed by atoms with E-state index in [0.717, 1.165) is 18.9 Å². The van der Waals surface area contributed by atoms with Gasteiger partial charge in [-0.3, -0.25) is 4.79 Å². The van der Waals surface area contributed by atoms with Gasteiger partial charge in [-0.25, -0.2) is 13.2 Å². The van der Waals surface area contributed by atoms with Crippen LogP contribution in [0.25, 0.3) is 0 Å². The van der Waals surface area contributed by atoms with Crippen molar-refractivity contribution in [1.82, 2.24) is 5.32 Å². The van der Waals surface area contributed by atoms with Gasteiger partial charge in [-0.05, 0) is 30.9 Å². The zero-order chi connectivity index (χ0) is 13.3. The van der Waals surface area contributed by atoms with E-state index in [1.807, 2.05) is 0 Å². The largest absolute Gasteiger partial charge is 0.350 e. The summed E-state index contributed by atoms with van der Waals surface area (Å²) in [5.74, 6) is -4.87. The van der Waals surface area contributed by atoms with Gasteiger partial charge in [-0.2, -0.15) is 0 Å². The van der Waals surface area contributed by atoms with Crippen LogP contribution >= 0.6 is 11.6 Å². The molecule has 1 aromatic carbocycles. The second kappa shape index (κ2) is 5.18. The molecule has 0 aliphatic heterocycles. The molecule has 1 fully saturated rings. The maximum atomic E-state index is 13.3. The minimum atomic E-state index is -1.65. The molecule has 0 aromatic heterocycles. The van der Waals surface area contributed by atoms with E-state index in [1.54, 1.807) is 0 Å². The molecule has 1 saturated carbocycles. The van der Waals surface area contributed by atoms with Gasteiger partial charge in [-0.1, -0.05) is 0 Å². The summed E-state index contributed by atoms with van der Waals surface area (Å²) in [6.07, 6.45) is 2.03. The van der Waals surface area contributed by atoms with Crippen LogP contribution in [0.5, 0.6) is 0 Å². The first-order chi connectivity index (χ1) is 8.50. The number of nitrogens with one attached hydrogen (secondary N) is 1. The van der Waals surface area contributed by atoms with Crippen LogP contribution in [-0.4, -0.2) is 17.8 Å². The summed E-state index contributed by atoms with van der Waals surface area (Å²) in [5.41, 5.74) is -0.520. The summed E-state index contributed by atoms with van der Waals surface area (Å²) in [7, 11) is 0. The molecule has 1 aliphatic carbocycles. The molecular weight excluding hydrogens is 267 g/mol. The van der Waals surface area contributed by atoms with E-state index in [1.165, 1.54) is 0 Å². The Hall–Kier alpha value is -1.23. The van der Waals surface area contributed by atoms with E-state index in [2.05, 4.69) is 5.32 Å². The first-order valence-electron chi connectivity index (χ1n) is 5.56. The second-order valence-corrected chi connectivity index (χ2v) is 4.85. The third kappa shape index (κ3) is 2.77. The molecule has 0 heterocycles. The average Bonchev–Trinajstić information content (AvgIpc) is 3.17. The highest BCUT2D eigenvalue weighted by molar-refractivity contribution is 6.21. The van der Waals surface area contributed by atoms with Crippen molar-refractivity contribution < 1.29 is 18.0 Å². The summed E-state index contributed by atoms with van der Waals surface area (Å²) in [6.45, 7) is 0.184. The van der Waals surface area contributed by atoms with Crippen LogP contribution in [-0.2, 0) is 0 Å². The number of rotatable bonds is 4. The van der Waals surface area contributed by atoms with Gasteiger partial charge in [0.25, 0.3) is 5.91 Å². The smallest absolute Gasteiger partial charge is 0.254 e. The standard InChI is InChI=1S/C12H11ClF3NO/c13-8(6-1-2-6)5-17-12(18)7-3-4-9(14)11(16)10(7)15/h3-4,6,8H,1-2,5H2,(H,17,18). The van der Waals surface area contributed by atoms with E-state index in [9.17, 15) is 18.0 Å². The Morgan fingerprint density at radius 1 is 1.33 bits per heavy atom. The number of carbonyl (C=O) groups excluding carboxylic acids is 1. The predicted octanol–water partition coefficient (Wildman–Crippen LogP) is 2.85. The van der Waals surface area contributed by atoms with Crippen LogP contribution in [0.15, 0.2) is 12.1 Å². The minimum Gasteiger partial charge on any atom is -0.350 e. The molecule has 1 aromatic rings. The molecule has 18 heavy (non-hydrogen) atoms. The fourth-order valence-electron chi connectivity index (χ4n) is 1.61. The van der Waals surface area contributed by atoms with Crippen molar-refractivity contribution in [1.29, 1.82) is 0 Å². The van der Waals surface area contributed by atoms with E-state index in [-0.39, 0.29) is 11.9 Å². The number of halogens is 4. The summed E-state index contributed by atoms with van der Waals surface area (Å²) < 4.78 is 38.9. The van der Waals surface area contributed by atoms with Gasteiger partial charge < -0.3 is 5.32 Å². The topological polar surface area (TPSA) is 29.1 Å². The minimum absolute atomic E-state index is 0.184. The van der Waals surface area contributed by atoms with Crippen molar-refractivity contribution in [3.8, 4) is 0 Å². The third-order valence-electron chi connectivity index (χ3n) is 2.87. The van der Waals surface area contributed by atoms with Gasteiger partial charge in [0.1, 0.15) is 0 Å². The molecule has 1 N–H and O–H groups in total. The van der Waals surface area contributed by atoms with Gasteiger partial charge in [0.15, 0.2) is 17.5 Å². The number of hydrogen-bond acceptors (Lipinski definition) is 1. The monoisotopic (exact) mass is 277 g/mol. The first-order valence-corrected chi connectivity index (χ1v) is 6.00. The molecule has 0 spiro atoms.